The van der Waals surface area contributed by atoms with E-state index in [1.54, 1.807) is 6.07 Å². The van der Waals surface area contributed by atoms with Crippen molar-refractivity contribution in [1.82, 2.24) is 9.97 Å². The number of rotatable bonds is 4. The van der Waals surface area contributed by atoms with E-state index in [2.05, 4.69) is 14.7 Å². The van der Waals surface area contributed by atoms with Crippen molar-refractivity contribution < 1.29 is 8.42 Å². The fourth-order valence-electron chi connectivity index (χ4n) is 1.42. The van der Waals surface area contributed by atoms with Gasteiger partial charge in [0.15, 0.2) is 0 Å². The monoisotopic (exact) mass is 328 g/mol. The molecule has 2 rings (SSSR count). The summed E-state index contributed by atoms with van der Waals surface area (Å²) in [5.74, 6) is 0. The van der Waals surface area contributed by atoms with Crippen LogP contribution in [0.3, 0.4) is 0 Å². The molecule has 0 saturated carbocycles. The highest BCUT2D eigenvalue weighted by atomic mass is 35.5. The summed E-state index contributed by atoms with van der Waals surface area (Å²) < 4.78 is 26.8. The predicted molar refractivity (Wildman–Crippen MR) is 80.2 cm³/mol. The molecule has 1 aromatic heterocycles. The second-order valence-corrected chi connectivity index (χ2v) is 6.24. The van der Waals surface area contributed by atoms with E-state index in [9.17, 15) is 8.42 Å². The molecule has 0 spiro atoms. The third-order valence-corrected chi connectivity index (χ3v) is 4.42. The number of hydrogen-bond donors (Lipinski definition) is 2. The minimum atomic E-state index is -3.88. The molecule has 0 aliphatic carbocycles. The summed E-state index contributed by atoms with van der Waals surface area (Å²) in [4.78, 5) is 7.40. The average Bonchev–Trinajstić information content (AvgIpc) is 2.39. The number of thiocarbonyl (C=S) groups is 1. The minimum Gasteiger partial charge on any atom is -0.389 e. The maximum Gasteiger partial charge on any atom is 0.263 e. The summed E-state index contributed by atoms with van der Waals surface area (Å²) >= 11 is 10.7. The molecule has 3 N–H and O–H groups in total. The molecule has 0 radical (unpaired) electrons. The largest absolute Gasteiger partial charge is 0.389 e. The van der Waals surface area contributed by atoms with Gasteiger partial charge in [-0.2, -0.15) is 0 Å². The van der Waals surface area contributed by atoms with E-state index in [0.29, 0.717) is 5.56 Å². The van der Waals surface area contributed by atoms with Gasteiger partial charge in [-0.1, -0.05) is 29.9 Å². The van der Waals surface area contributed by atoms with Crippen molar-refractivity contribution in [1.29, 1.82) is 0 Å². The Hall–Kier alpha value is -1.77. The number of nitrogens with zero attached hydrogens (tertiary/aromatic N) is 2. The predicted octanol–water partition coefficient (Wildman–Crippen LogP) is 1.57. The number of nitrogens with one attached hydrogen (secondary N) is 1. The van der Waals surface area contributed by atoms with E-state index in [0.717, 1.165) is 0 Å². The molecule has 0 aliphatic heterocycles. The van der Waals surface area contributed by atoms with E-state index in [1.165, 1.54) is 30.9 Å². The molecule has 0 atom stereocenters. The highest BCUT2D eigenvalue weighted by Gasteiger charge is 2.19. The lowest BCUT2D eigenvalue weighted by Crippen LogP contribution is -2.16. The zero-order valence-electron chi connectivity index (χ0n) is 9.95. The molecule has 0 fully saturated rings. The Morgan fingerprint density at radius 2 is 1.95 bits per heavy atom. The minimum absolute atomic E-state index is 0.0642. The molecule has 0 bridgehead atoms. The number of aromatic nitrogens is 2. The third kappa shape index (κ3) is 3.21. The van der Waals surface area contributed by atoms with Crippen LogP contribution in [0.15, 0.2) is 41.8 Å². The maximum absolute atomic E-state index is 12.3. The molecule has 0 unspecified atom stereocenters. The van der Waals surface area contributed by atoms with E-state index in [4.69, 9.17) is 29.6 Å². The van der Waals surface area contributed by atoms with Gasteiger partial charge in [-0.15, -0.1) is 0 Å². The second kappa shape index (κ2) is 5.70. The van der Waals surface area contributed by atoms with Crippen molar-refractivity contribution in [2.24, 2.45) is 5.73 Å². The van der Waals surface area contributed by atoms with Crippen LogP contribution in [0.2, 0.25) is 5.02 Å². The van der Waals surface area contributed by atoms with E-state index in [1.807, 2.05) is 0 Å². The van der Waals surface area contributed by atoms with Crippen molar-refractivity contribution in [2.75, 3.05) is 4.72 Å². The first-order valence-corrected chi connectivity index (χ1v) is 7.54. The molecule has 1 heterocycles. The topological polar surface area (TPSA) is 98.0 Å². The number of benzene rings is 1. The van der Waals surface area contributed by atoms with Crippen molar-refractivity contribution >= 4 is 44.5 Å². The van der Waals surface area contributed by atoms with Gasteiger partial charge in [0, 0.05) is 5.56 Å². The van der Waals surface area contributed by atoms with Crippen LogP contribution in [0, 0.1) is 0 Å². The first kappa shape index (κ1) is 14.6. The van der Waals surface area contributed by atoms with Crippen LogP contribution >= 0.6 is 23.8 Å². The van der Waals surface area contributed by atoms with Gasteiger partial charge in [0.25, 0.3) is 10.0 Å². The first-order chi connectivity index (χ1) is 9.40. The number of halogens is 1. The smallest absolute Gasteiger partial charge is 0.263 e. The molecule has 0 amide bonds. The van der Waals surface area contributed by atoms with Crippen molar-refractivity contribution in [3.63, 3.8) is 0 Å². The van der Waals surface area contributed by atoms with Gasteiger partial charge < -0.3 is 5.73 Å². The van der Waals surface area contributed by atoms with Crippen LogP contribution in [0.1, 0.15) is 5.56 Å². The summed E-state index contributed by atoms with van der Waals surface area (Å²) in [5.41, 5.74) is 6.12. The van der Waals surface area contributed by atoms with Crippen LogP contribution in [-0.2, 0) is 10.0 Å². The van der Waals surface area contributed by atoms with Crippen LogP contribution in [0.25, 0.3) is 0 Å². The number of sulfonamides is 1. The molecule has 2 aromatic rings. The van der Waals surface area contributed by atoms with E-state index in [-0.39, 0.29) is 20.6 Å². The third-order valence-electron chi connectivity index (χ3n) is 2.32. The Balaban J connectivity index is 2.44. The zero-order chi connectivity index (χ0) is 14.8. The Morgan fingerprint density at radius 1 is 1.30 bits per heavy atom. The lowest BCUT2D eigenvalue weighted by molar-refractivity contribution is 0.601. The SMILES string of the molecule is NC(=S)c1ccc(Cl)c(S(=O)(=O)Nc2cncnc2)c1. The molecule has 0 saturated heterocycles. The number of anilines is 1. The summed E-state index contributed by atoms with van der Waals surface area (Å²) in [5, 5.41) is 0.0642. The molecule has 1 aromatic carbocycles. The molecular weight excluding hydrogens is 320 g/mol. The Morgan fingerprint density at radius 3 is 2.55 bits per heavy atom. The van der Waals surface area contributed by atoms with Crippen LogP contribution in [0.4, 0.5) is 5.69 Å². The normalized spacial score (nSPS) is 11.1. The Labute approximate surface area is 126 Å². The maximum atomic E-state index is 12.3. The lowest BCUT2D eigenvalue weighted by Gasteiger charge is -2.10. The molecule has 20 heavy (non-hydrogen) atoms. The van der Waals surface area contributed by atoms with Gasteiger partial charge in [-0.05, 0) is 12.1 Å². The van der Waals surface area contributed by atoms with E-state index < -0.39 is 10.0 Å². The summed E-state index contributed by atoms with van der Waals surface area (Å²) in [6.07, 6.45) is 3.95. The molecule has 0 aliphatic rings. The van der Waals surface area contributed by atoms with Gasteiger partial charge in [0.2, 0.25) is 0 Å². The van der Waals surface area contributed by atoms with E-state index >= 15 is 0 Å². The number of hydrogen-bond acceptors (Lipinski definition) is 5. The number of nitrogens with two attached hydrogens (primary N) is 1. The Bertz CT molecular complexity index is 750. The zero-order valence-corrected chi connectivity index (χ0v) is 12.3. The lowest BCUT2D eigenvalue weighted by atomic mass is 10.2. The highest BCUT2D eigenvalue weighted by molar-refractivity contribution is 7.92. The van der Waals surface area contributed by atoms with Crippen molar-refractivity contribution in [2.45, 2.75) is 4.90 Å². The molecule has 9 heteroatoms. The fraction of sp³-hybridized carbons (Fsp3) is 0. The summed E-state index contributed by atoms with van der Waals surface area (Å²) in [6, 6.07) is 4.29. The van der Waals surface area contributed by atoms with Gasteiger partial charge in [0.1, 0.15) is 16.2 Å². The summed E-state index contributed by atoms with van der Waals surface area (Å²) in [7, 11) is -3.88. The molecular formula is C11H9ClN4O2S2. The van der Waals surface area contributed by atoms with Gasteiger partial charge in [-0.3, -0.25) is 4.72 Å². The first-order valence-electron chi connectivity index (χ1n) is 5.27. The van der Waals surface area contributed by atoms with Crippen LogP contribution in [-0.4, -0.2) is 23.4 Å². The van der Waals surface area contributed by atoms with Crippen molar-refractivity contribution in [3.05, 3.63) is 47.5 Å². The molecule has 104 valence electrons. The van der Waals surface area contributed by atoms with Crippen LogP contribution < -0.4 is 10.5 Å². The summed E-state index contributed by atoms with van der Waals surface area (Å²) in [6.45, 7) is 0. The highest BCUT2D eigenvalue weighted by Crippen LogP contribution is 2.24. The van der Waals surface area contributed by atoms with Gasteiger partial charge >= 0.3 is 0 Å². The second-order valence-electron chi connectivity index (χ2n) is 3.74. The average molecular weight is 329 g/mol. The fourth-order valence-corrected chi connectivity index (χ4v) is 3.11. The van der Waals surface area contributed by atoms with Crippen LogP contribution in [0.5, 0.6) is 0 Å². The van der Waals surface area contributed by atoms with Crippen molar-refractivity contribution in [3.8, 4) is 0 Å². The Kier molecular flexibility index (Phi) is 4.17. The van der Waals surface area contributed by atoms with Gasteiger partial charge in [-0.25, -0.2) is 18.4 Å². The standard InChI is InChI=1S/C11H9ClN4O2S2/c12-9-2-1-7(11(13)19)3-10(9)20(17,18)16-8-4-14-6-15-5-8/h1-6,16H,(H2,13,19). The molecule has 6 nitrogen and oxygen atoms in total. The quantitative estimate of drug-likeness (QED) is 0.827. The van der Waals surface area contributed by atoms with Gasteiger partial charge in [0.05, 0.1) is 23.1 Å².